The zero-order chi connectivity index (χ0) is 24.9. The minimum absolute atomic E-state index is 0.0792. The van der Waals surface area contributed by atoms with Crippen LogP contribution in [0.4, 0.5) is 8.78 Å². The summed E-state index contributed by atoms with van der Waals surface area (Å²) in [6.45, 7) is 1.52. The maximum atomic E-state index is 14.6. The molecular formula is C22H23F2N5O4S. The Morgan fingerprint density at radius 2 is 2.06 bits per heavy atom. The van der Waals surface area contributed by atoms with Crippen molar-refractivity contribution in [2.24, 2.45) is 10.8 Å². The lowest BCUT2D eigenvalue weighted by Gasteiger charge is -2.36. The third-order valence-corrected chi connectivity index (χ3v) is 6.46. The van der Waals surface area contributed by atoms with Gasteiger partial charge in [0.2, 0.25) is 0 Å². The normalized spacial score (nSPS) is 19.0. The first-order valence-corrected chi connectivity index (χ1v) is 11.1. The van der Waals surface area contributed by atoms with Gasteiger partial charge in [0.25, 0.3) is 12.1 Å². The number of aliphatic hydroxyl groups is 1. The minimum Gasteiger partial charge on any atom is -0.383 e. The van der Waals surface area contributed by atoms with Crippen molar-refractivity contribution < 1.29 is 23.6 Å². The molecule has 0 aromatic heterocycles. The molecule has 1 aliphatic rings. The van der Waals surface area contributed by atoms with Crippen LogP contribution in [0, 0.1) is 21.7 Å². The summed E-state index contributed by atoms with van der Waals surface area (Å²) >= 11 is 1.07. The highest BCUT2D eigenvalue weighted by Gasteiger charge is 2.49. The van der Waals surface area contributed by atoms with E-state index in [4.69, 9.17) is 5.73 Å². The van der Waals surface area contributed by atoms with E-state index < -0.39 is 33.4 Å². The van der Waals surface area contributed by atoms with Crippen LogP contribution in [0.25, 0.3) is 0 Å². The van der Waals surface area contributed by atoms with Crippen molar-refractivity contribution in [2.45, 2.75) is 30.7 Å². The highest BCUT2D eigenvalue weighted by atomic mass is 32.2. The average molecular weight is 492 g/mol. The number of thioether (sulfide) groups is 1. The number of nitrogens with one attached hydrogen (secondary N) is 1. The number of carbonyl (C=O) groups excluding carboxylic acids is 1. The maximum absolute atomic E-state index is 14.6. The molecule has 0 aliphatic carbocycles. The molecule has 9 nitrogen and oxygen atoms in total. The number of amides is 1. The topological polar surface area (TPSA) is 134 Å². The number of carbonyl (C=O) groups is 1. The summed E-state index contributed by atoms with van der Waals surface area (Å²) in [4.78, 5) is 21.7. The second-order valence-corrected chi connectivity index (χ2v) is 8.77. The molecule has 1 aliphatic heterocycles. The van der Waals surface area contributed by atoms with Gasteiger partial charge in [0.15, 0.2) is 5.82 Å². The molecule has 0 bridgehead atoms. The van der Waals surface area contributed by atoms with Crippen LogP contribution in [0.15, 0.2) is 65.7 Å². The quantitative estimate of drug-likeness (QED) is 0.279. The molecule has 1 unspecified atom stereocenters. The first-order chi connectivity index (χ1) is 16.1. The second kappa shape index (κ2) is 10.6. The Labute approximate surface area is 198 Å². The molecule has 0 spiro atoms. The van der Waals surface area contributed by atoms with Gasteiger partial charge in [-0.3, -0.25) is 14.9 Å². The van der Waals surface area contributed by atoms with E-state index in [1.807, 2.05) is 0 Å². The Hall–Kier alpha value is -3.51. The van der Waals surface area contributed by atoms with Crippen molar-refractivity contribution in [1.29, 1.82) is 0 Å². The van der Waals surface area contributed by atoms with Gasteiger partial charge in [-0.1, -0.05) is 42.1 Å². The Kier molecular flexibility index (Phi) is 7.84. The van der Waals surface area contributed by atoms with Gasteiger partial charge in [-0.05, 0) is 43.5 Å². The fraction of sp³-hybridized carbons (Fsp3) is 0.273. The van der Waals surface area contributed by atoms with Crippen molar-refractivity contribution in [1.82, 2.24) is 10.3 Å². The maximum Gasteiger partial charge on any atom is 0.273 e. The first-order valence-electron chi connectivity index (χ1n) is 10.3. The van der Waals surface area contributed by atoms with Crippen molar-refractivity contribution in [2.75, 3.05) is 6.54 Å². The first kappa shape index (κ1) is 25.1. The summed E-state index contributed by atoms with van der Waals surface area (Å²) in [6, 6.07) is 11.8. The van der Waals surface area contributed by atoms with E-state index in [0.29, 0.717) is 18.2 Å². The van der Waals surface area contributed by atoms with Crippen LogP contribution in [-0.2, 0) is 9.67 Å². The number of benzene rings is 2. The summed E-state index contributed by atoms with van der Waals surface area (Å²) < 4.78 is 28.5. The number of hydrogen-bond donors (Lipinski definition) is 3. The number of hydrogen-bond acceptors (Lipinski definition) is 8. The van der Waals surface area contributed by atoms with E-state index in [9.17, 15) is 28.8 Å². The molecule has 1 heterocycles. The predicted molar refractivity (Wildman–Crippen MR) is 124 cm³/mol. The Morgan fingerprint density at radius 1 is 1.35 bits per heavy atom. The van der Waals surface area contributed by atoms with Crippen LogP contribution in [0.3, 0.4) is 0 Å². The van der Waals surface area contributed by atoms with Gasteiger partial charge in [0.1, 0.15) is 27.7 Å². The van der Waals surface area contributed by atoms with Crippen molar-refractivity contribution in [3.63, 3.8) is 0 Å². The lowest BCUT2D eigenvalue weighted by Crippen LogP contribution is -2.45. The molecule has 0 radical (unpaired) electrons. The minimum atomic E-state index is -1.40. The molecule has 4 N–H and O–H groups in total. The van der Waals surface area contributed by atoms with Gasteiger partial charge in [-0.25, -0.2) is 13.8 Å². The van der Waals surface area contributed by atoms with Gasteiger partial charge >= 0.3 is 0 Å². The van der Waals surface area contributed by atoms with Crippen LogP contribution in [0.5, 0.6) is 0 Å². The molecule has 180 valence electrons. The predicted octanol–water partition coefficient (Wildman–Crippen LogP) is 2.84. The monoisotopic (exact) mass is 491 g/mol. The molecule has 2 atom stereocenters. The third-order valence-electron chi connectivity index (χ3n) is 5.01. The van der Waals surface area contributed by atoms with Gasteiger partial charge in [0, 0.05) is 12.1 Å². The molecule has 34 heavy (non-hydrogen) atoms. The highest BCUT2D eigenvalue weighted by Crippen LogP contribution is 2.50. The second-order valence-electron chi connectivity index (χ2n) is 7.51. The standard InChI is InChI=1S/C22H23F2N5O4S/c1-14(30)21(31)29-22(15-6-3-2-4-7-15,10-5-11-26-19(25)13-28(32)33)34-20(27-29)17-12-16(23)8-9-18(17)24/h2-4,6-9,12-14,26,30H,5,10-11,25H2,1H3/b19-13+/t14-,22?/m0/s1. The summed E-state index contributed by atoms with van der Waals surface area (Å²) in [5.74, 6) is -2.22. The lowest BCUT2D eigenvalue weighted by molar-refractivity contribution is -0.403. The van der Waals surface area contributed by atoms with Gasteiger partial charge < -0.3 is 16.2 Å². The van der Waals surface area contributed by atoms with Crippen molar-refractivity contribution >= 4 is 22.7 Å². The van der Waals surface area contributed by atoms with E-state index in [1.54, 1.807) is 30.3 Å². The number of nitro groups is 1. The molecular weight excluding hydrogens is 468 g/mol. The molecule has 0 saturated heterocycles. The Morgan fingerprint density at radius 3 is 2.71 bits per heavy atom. The largest absolute Gasteiger partial charge is 0.383 e. The number of nitrogens with zero attached hydrogens (tertiary/aromatic N) is 3. The number of aliphatic hydroxyl groups excluding tert-OH is 1. The smallest absolute Gasteiger partial charge is 0.273 e. The van der Waals surface area contributed by atoms with Crippen molar-refractivity contribution in [3.05, 3.63) is 93.4 Å². The Bertz CT molecular complexity index is 1130. The Balaban J connectivity index is 1.99. The number of halogens is 2. The number of nitrogens with two attached hydrogens (primary N) is 1. The van der Waals surface area contributed by atoms with Crippen LogP contribution < -0.4 is 11.1 Å². The molecule has 12 heteroatoms. The molecule has 2 aromatic carbocycles. The zero-order valence-corrected chi connectivity index (χ0v) is 19.0. The van der Waals surface area contributed by atoms with Crippen LogP contribution in [0.1, 0.15) is 30.9 Å². The van der Waals surface area contributed by atoms with Crippen LogP contribution >= 0.6 is 11.8 Å². The van der Waals surface area contributed by atoms with E-state index >= 15 is 0 Å². The van der Waals surface area contributed by atoms with E-state index in [2.05, 4.69) is 10.4 Å². The molecule has 3 rings (SSSR count). The van der Waals surface area contributed by atoms with Gasteiger partial charge in [0.05, 0.1) is 4.92 Å². The lowest BCUT2D eigenvalue weighted by atomic mass is 9.99. The van der Waals surface area contributed by atoms with Crippen molar-refractivity contribution in [3.8, 4) is 0 Å². The molecule has 1 amide bonds. The van der Waals surface area contributed by atoms with E-state index in [1.165, 1.54) is 6.92 Å². The fourth-order valence-corrected chi connectivity index (χ4v) is 4.90. The molecule has 2 aromatic rings. The summed E-state index contributed by atoms with van der Waals surface area (Å²) in [7, 11) is 0. The van der Waals surface area contributed by atoms with E-state index in [-0.39, 0.29) is 29.4 Å². The van der Waals surface area contributed by atoms with E-state index in [0.717, 1.165) is 35.0 Å². The number of hydrazone groups is 1. The van der Waals surface area contributed by atoms with Gasteiger partial charge in [-0.15, -0.1) is 0 Å². The highest BCUT2D eigenvalue weighted by molar-refractivity contribution is 8.15. The summed E-state index contributed by atoms with van der Waals surface area (Å²) in [5.41, 5.74) is 6.11. The van der Waals surface area contributed by atoms with Gasteiger partial charge in [-0.2, -0.15) is 5.10 Å². The average Bonchev–Trinajstić information content (AvgIpc) is 3.18. The van der Waals surface area contributed by atoms with Crippen LogP contribution in [-0.4, -0.2) is 38.6 Å². The fourth-order valence-electron chi connectivity index (χ4n) is 3.47. The molecule has 0 fully saturated rings. The third kappa shape index (κ3) is 5.51. The SMILES string of the molecule is C[C@H](O)C(=O)N1N=C(c2cc(F)ccc2F)SC1(CCCN/C(N)=C/[N+](=O)[O-])c1ccccc1. The zero-order valence-electron chi connectivity index (χ0n) is 18.1. The van der Waals surface area contributed by atoms with Crippen LogP contribution in [0.2, 0.25) is 0 Å². The summed E-state index contributed by atoms with van der Waals surface area (Å²) in [5, 5.41) is 28.8. The molecule has 0 saturated carbocycles. The number of rotatable bonds is 9. The summed E-state index contributed by atoms with van der Waals surface area (Å²) in [6.07, 6.45) is -0.148.